The fourth-order valence-electron chi connectivity index (χ4n) is 1.64. The van der Waals surface area contributed by atoms with Gasteiger partial charge >= 0.3 is 0 Å². The number of rotatable bonds is 0. The van der Waals surface area contributed by atoms with E-state index in [9.17, 15) is 0 Å². The molecule has 0 spiro atoms. The maximum Gasteiger partial charge on any atom is 0.161 e. The van der Waals surface area contributed by atoms with Crippen molar-refractivity contribution < 1.29 is 9.47 Å². The third-order valence-electron chi connectivity index (χ3n) is 2.25. The zero-order chi connectivity index (χ0) is 6.97. The van der Waals surface area contributed by atoms with Gasteiger partial charge in [0.2, 0.25) is 0 Å². The molecule has 0 radical (unpaired) electrons. The van der Waals surface area contributed by atoms with Crippen LogP contribution in [0.1, 0.15) is 6.42 Å². The average molecular weight is 138 g/mol. The Balaban J connectivity index is 2.10. The summed E-state index contributed by atoms with van der Waals surface area (Å²) in [6.45, 7) is 1.50. The lowest BCUT2D eigenvalue weighted by Gasteiger charge is -2.06. The molecular formula is C8H10O2. The van der Waals surface area contributed by atoms with Crippen molar-refractivity contribution in [2.75, 3.05) is 13.2 Å². The first-order valence-electron chi connectivity index (χ1n) is 3.61. The fraction of sp³-hybridized carbons (Fsp3) is 0.750. The van der Waals surface area contributed by atoms with Crippen LogP contribution in [0.25, 0.3) is 0 Å². The second-order valence-electron chi connectivity index (χ2n) is 2.80. The monoisotopic (exact) mass is 138 g/mol. The summed E-state index contributed by atoms with van der Waals surface area (Å²) < 4.78 is 10.6. The molecule has 3 unspecified atom stereocenters. The van der Waals surface area contributed by atoms with Gasteiger partial charge in [-0.25, -0.2) is 0 Å². The molecule has 3 atom stereocenters. The molecular weight excluding hydrogens is 128 g/mol. The van der Waals surface area contributed by atoms with E-state index in [2.05, 4.69) is 5.92 Å². The molecule has 2 rings (SSSR count). The maximum atomic E-state index is 5.32. The molecule has 0 saturated carbocycles. The van der Waals surface area contributed by atoms with Crippen LogP contribution in [0.3, 0.4) is 0 Å². The van der Waals surface area contributed by atoms with Gasteiger partial charge in [0.15, 0.2) is 6.29 Å². The minimum absolute atomic E-state index is 0.0149. The van der Waals surface area contributed by atoms with Gasteiger partial charge in [0.1, 0.15) is 0 Å². The minimum Gasteiger partial charge on any atom is -0.352 e. The summed E-state index contributed by atoms with van der Waals surface area (Å²) in [5.74, 6) is 3.51. The van der Waals surface area contributed by atoms with Gasteiger partial charge in [0.25, 0.3) is 0 Å². The van der Waals surface area contributed by atoms with E-state index in [1.807, 2.05) is 0 Å². The summed E-state index contributed by atoms with van der Waals surface area (Å²) in [7, 11) is 0. The highest BCUT2D eigenvalue weighted by Crippen LogP contribution is 2.34. The van der Waals surface area contributed by atoms with Gasteiger partial charge in [-0.05, 0) is 6.42 Å². The fourth-order valence-corrected chi connectivity index (χ4v) is 1.64. The van der Waals surface area contributed by atoms with Gasteiger partial charge < -0.3 is 9.47 Å². The lowest BCUT2D eigenvalue weighted by Crippen LogP contribution is -2.13. The van der Waals surface area contributed by atoms with Gasteiger partial charge in [-0.1, -0.05) is 0 Å². The van der Waals surface area contributed by atoms with E-state index in [4.69, 9.17) is 15.9 Å². The Morgan fingerprint density at radius 3 is 3.10 bits per heavy atom. The van der Waals surface area contributed by atoms with Crippen molar-refractivity contribution in [2.24, 2.45) is 11.8 Å². The van der Waals surface area contributed by atoms with E-state index in [1.54, 1.807) is 0 Å². The lowest BCUT2D eigenvalue weighted by molar-refractivity contribution is -0.0905. The van der Waals surface area contributed by atoms with Gasteiger partial charge in [-0.15, -0.1) is 12.3 Å². The van der Waals surface area contributed by atoms with E-state index in [0.717, 1.165) is 13.0 Å². The van der Waals surface area contributed by atoms with Crippen LogP contribution in [0.2, 0.25) is 0 Å². The standard InChI is InChI=1S/C8H10O2/c1-2-6-5-10-8-7(6)3-4-9-8/h1,6-8H,3-5H2. The number of hydrogen-bond donors (Lipinski definition) is 0. The second kappa shape index (κ2) is 2.26. The molecule has 10 heavy (non-hydrogen) atoms. The van der Waals surface area contributed by atoms with Crippen LogP contribution in [-0.2, 0) is 9.47 Å². The third kappa shape index (κ3) is 0.749. The zero-order valence-electron chi connectivity index (χ0n) is 5.75. The Kier molecular flexibility index (Phi) is 1.40. The van der Waals surface area contributed by atoms with Crippen LogP contribution in [0.5, 0.6) is 0 Å². The number of hydrogen-bond acceptors (Lipinski definition) is 2. The first-order chi connectivity index (χ1) is 4.92. The van der Waals surface area contributed by atoms with Crippen molar-refractivity contribution in [1.29, 1.82) is 0 Å². The average Bonchev–Trinajstić information content (AvgIpc) is 2.44. The summed E-state index contributed by atoms with van der Waals surface area (Å²) in [4.78, 5) is 0. The van der Waals surface area contributed by atoms with E-state index in [1.165, 1.54) is 0 Å². The van der Waals surface area contributed by atoms with E-state index in [-0.39, 0.29) is 6.29 Å². The van der Waals surface area contributed by atoms with Crippen LogP contribution < -0.4 is 0 Å². The molecule has 54 valence electrons. The van der Waals surface area contributed by atoms with Crippen molar-refractivity contribution >= 4 is 0 Å². The zero-order valence-corrected chi connectivity index (χ0v) is 5.75. The predicted molar refractivity (Wildman–Crippen MR) is 36.1 cm³/mol. The molecule has 0 amide bonds. The molecule has 2 saturated heterocycles. The molecule has 0 bridgehead atoms. The van der Waals surface area contributed by atoms with Crippen LogP contribution in [0.15, 0.2) is 0 Å². The van der Waals surface area contributed by atoms with E-state index >= 15 is 0 Å². The van der Waals surface area contributed by atoms with E-state index < -0.39 is 0 Å². The Labute approximate surface area is 60.5 Å². The number of fused-ring (bicyclic) bond motifs is 1. The van der Waals surface area contributed by atoms with Crippen LogP contribution in [-0.4, -0.2) is 19.5 Å². The highest BCUT2D eigenvalue weighted by Gasteiger charge is 2.40. The smallest absolute Gasteiger partial charge is 0.161 e. The molecule has 2 heterocycles. The maximum absolute atomic E-state index is 5.32. The summed E-state index contributed by atoms with van der Waals surface area (Å²) in [5, 5.41) is 0. The first-order valence-corrected chi connectivity index (χ1v) is 3.61. The summed E-state index contributed by atoms with van der Waals surface area (Å²) in [6.07, 6.45) is 6.39. The molecule has 0 N–H and O–H groups in total. The second-order valence-corrected chi connectivity index (χ2v) is 2.80. The normalized spacial score (nSPS) is 44.9. The summed E-state index contributed by atoms with van der Waals surface area (Å²) in [5.41, 5.74) is 0. The van der Waals surface area contributed by atoms with Crippen LogP contribution >= 0.6 is 0 Å². The molecule has 0 aromatic heterocycles. The number of terminal acetylenes is 1. The predicted octanol–water partition coefficient (Wildman–Crippen LogP) is 0.629. The highest BCUT2D eigenvalue weighted by atomic mass is 16.7. The lowest BCUT2D eigenvalue weighted by atomic mass is 9.95. The first kappa shape index (κ1) is 6.21. The molecule has 0 aromatic carbocycles. The van der Waals surface area contributed by atoms with E-state index in [0.29, 0.717) is 18.4 Å². The Morgan fingerprint density at radius 2 is 2.30 bits per heavy atom. The quantitative estimate of drug-likeness (QED) is 0.457. The molecule has 0 aliphatic carbocycles. The SMILES string of the molecule is C#CC1COC2OCCC12. The van der Waals surface area contributed by atoms with Crippen molar-refractivity contribution in [3.8, 4) is 12.3 Å². The molecule has 2 heteroatoms. The van der Waals surface area contributed by atoms with Crippen molar-refractivity contribution in [2.45, 2.75) is 12.7 Å². The molecule has 2 nitrogen and oxygen atoms in total. The minimum atomic E-state index is 0.0149. The van der Waals surface area contributed by atoms with Crippen LogP contribution in [0, 0.1) is 24.2 Å². The Bertz CT molecular complexity index is 171. The van der Waals surface area contributed by atoms with Gasteiger partial charge in [0.05, 0.1) is 19.1 Å². The topological polar surface area (TPSA) is 18.5 Å². The molecule has 2 aliphatic heterocycles. The Morgan fingerprint density at radius 1 is 1.40 bits per heavy atom. The number of ether oxygens (including phenoxy) is 2. The molecule has 2 aliphatic rings. The highest BCUT2D eigenvalue weighted by molar-refractivity contribution is 5.01. The Hall–Kier alpha value is -0.520. The van der Waals surface area contributed by atoms with Crippen molar-refractivity contribution in [3.05, 3.63) is 0 Å². The summed E-state index contributed by atoms with van der Waals surface area (Å²) >= 11 is 0. The van der Waals surface area contributed by atoms with Gasteiger partial charge in [0, 0.05) is 5.92 Å². The molecule has 0 aromatic rings. The summed E-state index contributed by atoms with van der Waals surface area (Å²) in [6, 6.07) is 0. The van der Waals surface area contributed by atoms with Crippen molar-refractivity contribution in [3.63, 3.8) is 0 Å². The molecule has 2 fully saturated rings. The van der Waals surface area contributed by atoms with Crippen LogP contribution in [0.4, 0.5) is 0 Å². The van der Waals surface area contributed by atoms with Gasteiger partial charge in [-0.3, -0.25) is 0 Å². The largest absolute Gasteiger partial charge is 0.352 e. The van der Waals surface area contributed by atoms with Gasteiger partial charge in [-0.2, -0.15) is 0 Å². The third-order valence-corrected chi connectivity index (χ3v) is 2.25. The van der Waals surface area contributed by atoms with Crippen molar-refractivity contribution in [1.82, 2.24) is 0 Å².